The SMILES string of the molecule is CCCCS(=O)(=O)Cc1nc(-c2ccc(Cl)cc2)no1. The second-order valence-corrected chi connectivity index (χ2v) is 7.08. The molecule has 0 fully saturated rings. The molecule has 0 aliphatic heterocycles. The normalized spacial score (nSPS) is 11.7. The summed E-state index contributed by atoms with van der Waals surface area (Å²) in [5.74, 6) is 0.406. The van der Waals surface area contributed by atoms with E-state index < -0.39 is 9.84 Å². The maximum Gasteiger partial charge on any atom is 0.242 e. The standard InChI is InChI=1S/C13H15ClN2O3S/c1-2-3-8-20(17,18)9-12-15-13(16-19-12)10-4-6-11(14)7-5-10/h4-7H,2-3,8-9H2,1H3. The van der Waals surface area contributed by atoms with E-state index >= 15 is 0 Å². The second kappa shape index (κ2) is 6.37. The lowest BCUT2D eigenvalue weighted by Gasteiger charge is -1.98. The molecule has 0 radical (unpaired) electrons. The Kier molecular flexibility index (Phi) is 4.77. The van der Waals surface area contributed by atoms with Gasteiger partial charge < -0.3 is 4.52 Å². The van der Waals surface area contributed by atoms with Crippen molar-refractivity contribution >= 4 is 21.4 Å². The molecule has 0 aliphatic rings. The molecule has 0 aliphatic carbocycles. The predicted octanol–water partition coefficient (Wildman–Crippen LogP) is 3.10. The van der Waals surface area contributed by atoms with Gasteiger partial charge in [-0.25, -0.2) is 8.42 Å². The Bertz CT molecular complexity index is 665. The van der Waals surface area contributed by atoms with E-state index in [-0.39, 0.29) is 17.4 Å². The van der Waals surface area contributed by atoms with Crippen molar-refractivity contribution in [1.29, 1.82) is 0 Å². The Hall–Kier alpha value is -1.40. The van der Waals surface area contributed by atoms with Crippen molar-refractivity contribution in [2.45, 2.75) is 25.5 Å². The molecular weight excluding hydrogens is 300 g/mol. The highest BCUT2D eigenvalue weighted by molar-refractivity contribution is 7.90. The van der Waals surface area contributed by atoms with E-state index in [1.165, 1.54) is 0 Å². The van der Waals surface area contributed by atoms with Crippen molar-refractivity contribution in [2.24, 2.45) is 0 Å². The molecule has 2 rings (SSSR count). The third kappa shape index (κ3) is 4.05. The number of hydrogen-bond donors (Lipinski definition) is 0. The molecule has 0 amide bonds. The number of nitrogens with zero attached hydrogens (tertiary/aromatic N) is 2. The first-order valence-corrected chi connectivity index (χ1v) is 8.49. The number of unbranched alkanes of at least 4 members (excludes halogenated alkanes) is 1. The van der Waals surface area contributed by atoms with Crippen LogP contribution in [0.25, 0.3) is 11.4 Å². The minimum Gasteiger partial charge on any atom is -0.338 e. The fourth-order valence-corrected chi connectivity index (χ4v) is 3.15. The fraction of sp³-hybridized carbons (Fsp3) is 0.385. The van der Waals surface area contributed by atoms with Crippen molar-refractivity contribution in [3.8, 4) is 11.4 Å². The first kappa shape index (κ1) is 15.0. The fourth-order valence-electron chi connectivity index (χ4n) is 1.65. The monoisotopic (exact) mass is 314 g/mol. The summed E-state index contributed by atoms with van der Waals surface area (Å²) < 4.78 is 28.6. The molecule has 0 spiro atoms. The molecule has 5 nitrogen and oxygen atoms in total. The highest BCUT2D eigenvalue weighted by Crippen LogP contribution is 2.19. The van der Waals surface area contributed by atoms with Crippen LogP contribution in [0.5, 0.6) is 0 Å². The van der Waals surface area contributed by atoms with Crippen LogP contribution in [0.2, 0.25) is 5.02 Å². The van der Waals surface area contributed by atoms with Crippen LogP contribution in [0.1, 0.15) is 25.7 Å². The average molecular weight is 315 g/mol. The van der Waals surface area contributed by atoms with Gasteiger partial charge in [0.25, 0.3) is 0 Å². The average Bonchev–Trinajstić information content (AvgIpc) is 2.85. The van der Waals surface area contributed by atoms with Crippen molar-refractivity contribution in [3.63, 3.8) is 0 Å². The molecule has 20 heavy (non-hydrogen) atoms. The van der Waals surface area contributed by atoms with Crippen molar-refractivity contribution in [1.82, 2.24) is 10.1 Å². The van der Waals surface area contributed by atoms with Gasteiger partial charge in [-0.05, 0) is 30.7 Å². The summed E-state index contributed by atoms with van der Waals surface area (Å²) >= 11 is 5.80. The van der Waals surface area contributed by atoms with Gasteiger partial charge in [0.15, 0.2) is 9.84 Å². The largest absolute Gasteiger partial charge is 0.338 e. The van der Waals surface area contributed by atoms with E-state index in [0.717, 1.165) is 12.0 Å². The molecule has 0 saturated heterocycles. The summed E-state index contributed by atoms with van der Waals surface area (Å²) in [4.78, 5) is 4.10. The molecular formula is C13H15ClN2O3S. The molecule has 108 valence electrons. The van der Waals surface area contributed by atoms with Crippen molar-refractivity contribution < 1.29 is 12.9 Å². The number of hydrogen-bond acceptors (Lipinski definition) is 5. The molecule has 1 heterocycles. The quantitative estimate of drug-likeness (QED) is 0.819. The van der Waals surface area contributed by atoms with E-state index in [1.807, 2.05) is 6.92 Å². The van der Waals surface area contributed by atoms with Crippen molar-refractivity contribution in [2.75, 3.05) is 5.75 Å². The molecule has 0 atom stereocenters. The molecule has 7 heteroatoms. The van der Waals surface area contributed by atoms with Gasteiger partial charge in [0.05, 0.1) is 5.75 Å². The summed E-state index contributed by atoms with van der Waals surface area (Å²) in [6.07, 6.45) is 1.47. The van der Waals surface area contributed by atoms with Gasteiger partial charge >= 0.3 is 0 Å². The van der Waals surface area contributed by atoms with Gasteiger partial charge in [0, 0.05) is 10.6 Å². The summed E-state index contributed by atoms with van der Waals surface area (Å²) in [6.45, 7) is 1.95. The van der Waals surface area contributed by atoms with Crippen LogP contribution in [-0.4, -0.2) is 24.3 Å². The Morgan fingerprint density at radius 1 is 1.25 bits per heavy atom. The van der Waals surface area contributed by atoms with Crippen molar-refractivity contribution in [3.05, 3.63) is 35.2 Å². The van der Waals surface area contributed by atoms with Crippen LogP contribution in [-0.2, 0) is 15.6 Å². The molecule has 0 saturated carbocycles. The Morgan fingerprint density at radius 2 is 1.95 bits per heavy atom. The lowest BCUT2D eigenvalue weighted by Crippen LogP contribution is -2.09. The van der Waals surface area contributed by atoms with Gasteiger partial charge in [-0.3, -0.25) is 0 Å². The van der Waals surface area contributed by atoms with E-state index in [2.05, 4.69) is 10.1 Å². The first-order chi connectivity index (χ1) is 9.50. The number of rotatable bonds is 6. The maximum absolute atomic E-state index is 11.8. The lowest BCUT2D eigenvalue weighted by molar-refractivity contribution is 0.389. The van der Waals surface area contributed by atoms with Gasteiger partial charge in [-0.1, -0.05) is 30.1 Å². The Labute approximate surface area is 122 Å². The molecule has 1 aromatic heterocycles. The topological polar surface area (TPSA) is 73.1 Å². The molecule has 0 bridgehead atoms. The zero-order valence-electron chi connectivity index (χ0n) is 11.0. The van der Waals surface area contributed by atoms with Crippen LogP contribution < -0.4 is 0 Å². The van der Waals surface area contributed by atoms with E-state index in [4.69, 9.17) is 16.1 Å². The summed E-state index contributed by atoms with van der Waals surface area (Å²) in [6, 6.07) is 6.93. The summed E-state index contributed by atoms with van der Waals surface area (Å²) in [5.41, 5.74) is 0.732. The first-order valence-electron chi connectivity index (χ1n) is 6.29. The van der Waals surface area contributed by atoms with Crippen LogP contribution >= 0.6 is 11.6 Å². The van der Waals surface area contributed by atoms with Gasteiger partial charge in [-0.2, -0.15) is 4.98 Å². The van der Waals surface area contributed by atoms with Crippen LogP contribution in [0.3, 0.4) is 0 Å². The highest BCUT2D eigenvalue weighted by atomic mass is 35.5. The minimum absolute atomic E-state index is 0.117. The van der Waals surface area contributed by atoms with E-state index in [9.17, 15) is 8.42 Å². The lowest BCUT2D eigenvalue weighted by atomic mass is 10.2. The van der Waals surface area contributed by atoms with Crippen LogP contribution in [0.4, 0.5) is 0 Å². The van der Waals surface area contributed by atoms with E-state index in [0.29, 0.717) is 17.3 Å². The minimum atomic E-state index is -3.19. The number of sulfone groups is 1. The number of halogens is 1. The Morgan fingerprint density at radius 3 is 2.60 bits per heavy atom. The van der Waals surface area contributed by atoms with Crippen LogP contribution in [0, 0.1) is 0 Å². The summed E-state index contributed by atoms with van der Waals surface area (Å²) in [5, 5.41) is 4.40. The van der Waals surface area contributed by atoms with E-state index in [1.54, 1.807) is 24.3 Å². The zero-order valence-corrected chi connectivity index (χ0v) is 12.6. The number of aromatic nitrogens is 2. The van der Waals surface area contributed by atoms with Crippen LogP contribution in [0.15, 0.2) is 28.8 Å². The third-order valence-electron chi connectivity index (χ3n) is 2.72. The van der Waals surface area contributed by atoms with Gasteiger partial charge in [0.1, 0.15) is 5.75 Å². The zero-order chi connectivity index (χ0) is 14.6. The summed E-state index contributed by atoms with van der Waals surface area (Å²) in [7, 11) is -3.19. The second-order valence-electron chi connectivity index (χ2n) is 4.46. The predicted molar refractivity (Wildman–Crippen MR) is 77.1 cm³/mol. The molecule has 1 aromatic carbocycles. The smallest absolute Gasteiger partial charge is 0.242 e. The van der Waals surface area contributed by atoms with Gasteiger partial charge in [-0.15, -0.1) is 0 Å². The molecule has 2 aromatic rings. The van der Waals surface area contributed by atoms with Gasteiger partial charge in [0.2, 0.25) is 11.7 Å². The third-order valence-corrected chi connectivity index (χ3v) is 4.57. The molecule has 0 unspecified atom stereocenters. The maximum atomic E-state index is 11.8. The molecule has 0 N–H and O–H groups in total. The number of benzene rings is 1. The highest BCUT2D eigenvalue weighted by Gasteiger charge is 2.17. The Balaban J connectivity index is 2.11.